The third kappa shape index (κ3) is 3.94. The summed E-state index contributed by atoms with van der Waals surface area (Å²) in [7, 11) is 1.54. The molecule has 2 rings (SSSR count). The molecule has 7 heteroatoms. The molecule has 1 atom stereocenters. The molecule has 1 aliphatic heterocycles. The lowest BCUT2D eigenvalue weighted by Gasteiger charge is -2.26. The standard InChI is InChI=1S/C16H19N3O4/c1-11(16(22)23)10-18(2)15(21)13-8-9-14(20)19(17-13)12-6-4-3-5-7-12/h3-7,11H,8-10H2,1-2H3,(H,22,23). The average molecular weight is 317 g/mol. The van der Waals surface area contributed by atoms with Gasteiger partial charge in [0, 0.05) is 26.4 Å². The molecule has 23 heavy (non-hydrogen) atoms. The lowest BCUT2D eigenvalue weighted by atomic mass is 10.1. The number of hydrazone groups is 1. The SMILES string of the molecule is CC(CN(C)C(=O)C1=NN(c2ccccc2)C(=O)CC1)C(=O)O. The Balaban J connectivity index is 2.16. The van der Waals surface area contributed by atoms with Crippen LogP contribution in [0.5, 0.6) is 0 Å². The van der Waals surface area contributed by atoms with Crippen molar-refractivity contribution in [3.8, 4) is 0 Å². The Kier molecular flexibility index (Phi) is 5.10. The second kappa shape index (κ2) is 7.04. The molecule has 1 N–H and O–H groups in total. The van der Waals surface area contributed by atoms with Crippen LogP contribution in [0.25, 0.3) is 0 Å². The van der Waals surface area contributed by atoms with Gasteiger partial charge >= 0.3 is 5.97 Å². The number of carboxylic acids is 1. The predicted molar refractivity (Wildman–Crippen MR) is 85.0 cm³/mol. The highest BCUT2D eigenvalue weighted by Crippen LogP contribution is 2.20. The van der Waals surface area contributed by atoms with Crippen molar-refractivity contribution in [3.63, 3.8) is 0 Å². The fraction of sp³-hybridized carbons (Fsp3) is 0.375. The quantitative estimate of drug-likeness (QED) is 0.887. The maximum absolute atomic E-state index is 12.4. The zero-order valence-electron chi connectivity index (χ0n) is 13.1. The Morgan fingerprint density at radius 3 is 2.57 bits per heavy atom. The van der Waals surface area contributed by atoms with Crippen LogP contribution >= 0.6 is 0 Å². The number of carbonyl (C=O) groups is 3. The van der Waals surface area contributed by atoms with Crippen molar-refractivity contribution < 1.29 is 19.5 Å². The highest BCUT2D eigenvalue weighted by molar-refractivity contribution is 6.40. The third-order valence-corrected chi connectivity index (χ3v) is 3.60. The molecule has 1 heterocycles. The summed E-state index contributed by atoms with van der Waals surface area (Å²) in [5, 5.41) is 14.3. The van der Waals surface area contributed by atoms with Crippen LogP contribution in [0.4, 0.5) is 5.69 Å². The van der Waals surface area contributed by atoms with Crippen LogP contribution in [0, 0.1) is 5.92 Å². The largest absolute Gasteiger partial charge is 0.481 e. The molecule has 7 nitrogen and oxygen atoms in total. The fourth-order valence-corrected chi connectivity index (χ4v) is 2.27. The Bertz CT molecular complexity index is 642. The third-order valence-electron chi connectivity index (χ3n) is 3.60. The molecule has 0 aromatic heterocycles. The van der Waals surface area contributed by atoms with Crippen LogP contribution in [0.15, 0.2) is 35.4 Å². The van der Waals surface area contributed by atoms with Crippen LogP contribution < -0.4 is 5.01 Å². The molecule has 0 fully saturated rings. The van der Waals surface area contributed by atoms with Crippen molar-refractivity contribution in [2.75, 3.05) is 18.6 Å². The number of carboxylic acid groups (broad SMARTS) is 1. The highest BCUT2D eigenvalue weighted by atomic mass is 16.4. The van der Waals surface area contributed by atoms with E-state index in [1.807, 2.05) is 6.07 Å². The Labute approximate surface area is 134 Å². The van der Waals surface area contributed by atoms with Crippen molar-refractivity contribution in [3.05, 3.63) is 30.3 Å². The van der Waals surface area contributed by atoms with E-state index in [-0.39, 0.29) is 36.9 Å². The Morgan fingerprint density at radius 2 is 1.96 bits per heavy atom. The van der Waals surface area contributed by atoms with Gasteiger partial charge in [-0.2, -0.15) is 5.10 Å². The van der Waals surface area contributed by atoms with Crippen LogP contribution in [-0.2, 0) is 14.4 Å². The van der Waals surface area contributed by atoms with Gasteiger partial charge in [0.25, 0.3) is 5.91 Å². The van der Waals surface area contributed by atoms with Gasteiger partial charge in [-0.05, 0) is 12.1 Å². The molecular weight excluding hydrogens is 298 g/mol. The number of benzene rings is 1. The van der Waals surface area contributed by atoms with Crippen LogP contribution in [0.2, 0.25) is 0 Å². The first kappa shape index (κ1) is 16.7. The molecule has 0 bridgehead atoms. The number of anilines is 1. The van der Waals surface area contributed by atoms with E-state index in [4.69, 9.17) is 5.11 Å². The summed E-state index contributed by atoms with van der Waals surface area (Å²) >= 11 is 0. The topological polar surface area (TPSA) is 90.3 Å². The lowest BCUT2D eigenvalue weighted by Crippen LogP contribution is -2.42. The van der Waals surface area contributed by atoms with Gasteiger partial charge in [-0.3, -0.25) is 14.4 Å². The van der Waals surface area contributed by atoms with E-state index in [1.54, 1.807) is 24.3 Å². The molecule has 1 aromatic rings. The molecule has 0 radical (unpaired) electrons. The minimum absolute atomic E-state index is 0.0898. The molecule has 0 saturated heterocycles. The number of para-hydroxylation sites is 1. The molecule has 1 aromatic carbocycles. The van der Waals surface area contributed by atoms with E-state index in [2.05, 4.69) is 5.10 Å². The van der Waals surface area contributed by atoms with E-state index in [0.29, 0.717) is 5.69 Å². The molecule has 0 saturated carbocycles. The number of nitrogens with zero attached hydrogens (tertiary/aromatic N) is 3. The van der Waals surface area contributed by atoms with E-state index < -0.39 is 11.9 Å². The molecule has 122 valence electrons. The Hall–Kier alpha value is -2.70. The predicted octanol–water partition coefficient (Wildman–Crippen LogP) is 1.35. The van der Waals surface area contributed by atoms with Gasteiger partial charge in [0.2, 0.25) is 5.91 Å². The number of hydrogen-bond donors (Lipinski definition) is 1. The minimum Gasteiger partial charge on any atom is -0.481 e. The molecular formula is C16H19N3O4. The van der Waals surface area contributed by atoms with Gasteiger partial charge in [0.15, 0.2) is 0 Å². The smallest absolute Gasteiger partial charge is 0.308 e. The molecule has 1 unspecified atom stereocenters. The summed E-state index contributed by atoms with van der Waals surface area (Å²) < 4.78 is 0. The molecule has 0 aliphatic carbocycles. The molecule has 1 aliphatic rings. The number of rotatable bonds is 5. The zero-order chi connectivity index (χ0) is 17.0. The fourth-order valence-electron chi connectivity index (χ4n) is 2.27. The highest BCUT2D eigenvalue weighted by Gasteiger charge is 2.28. The summed E-state index contributed by atoms with van der Waals surface area (Å²) in [6.07, 6.45) is 0.453. The first-order valence-electron chi connectivity index (χ1n) is 7.34. The first-order valence-corrected chi connectivity index (χ1v) is 7.34. The second-order valence-corrected chi connectivity index (χ2v) is 5.51. The van der Waals surface area contributed by atoms with Gasteiger partial charge in [-0.25, -0.2) is 5.01 Å². The van der Waals surface area contributed by atoms with E-state index >= 15 is 0 Å². The number of hydrogen-bond acceptors (Lipinski definition) is 4. The van der Waals surface area contributed by atoms with E-state index in [0.717, 1.165) is 0 Å². The van der Waals surface area contributed by atoms with Gasteiger partial charge in [-0.1, -0.05) is 25.1 Å². The van der Waals surface area contributed by atoms with Gasteiger partial charge in [0.05, 0.1) is 11.6 Å². The summed E-state index contributed by atoms with van der Waals surface area (Å²) in [4.78, 5) is 36.6. The monoisotopic (exact) mass is 317 g/mol. The van der Waals surface area contributed by atoms with Crippen molar-refractivity contribution in [1.82, 2.24) is 4.90 Å². The van der Waals surface area contributed by atoms with Gasteiger partial charge in [0.1, 0.15) is 5.71 Å². The summed E-state index contributed by atoms with van der Waals surface area (Å²) in [5.74, 6) is -2.16. The van der Waals surface area contributed by atoms with Crippen LogP contribution in [0.3, 0.4) is 0 Å². The lowest BCUT2D eigenvalue weighted by molar-refractivity contribution is -0.142. The van der Waals surface area contributed by atoms with Crippen LogP contribution in [-0.4, -0.2) is 47.1 Å². The van der Waals surface area contributed by atoms with Crippen molar-refractivity contribution in [2.45, 2.75) is 19.8 Å². The second-order valence-electron chi connectivity index (χ2n) is 5.51. The first-order chi connectivity index (χ1) is 10.9. The van der Waals surface area contributed by atoms with Gasteiger partial charge < -0.3 is 10.0 Å². The van der Waals surface area contributed by atoms with E-state index in [9.17, 15) is 14.4 Å². The van der Waals surface area contributed by atoms with Gasteiger partial charge in [-0.15, -0.1) is 0 Å². The maximum atomic E-state index is 12.4. The van der Waals surface area contributed by atoms with Crippen molar-refractivity contribution in [1.29, 1.82) is 0 Å². The van der Waals surface area contributed by atoms with Crippen molar-refractivity contribution >= 4 is 29.2 Å². The molecule has 2 amide bonds. The number of carbonyl (C=O) groups excluding carboxylic acids is 2. The summed E-state index contributed by atoms with van der Waals surface area (Å²) in [6, 6.07) is 8.88. The normalized spacial score (nSPS) is 15.8. The average Bonchev–Trinajstić information content (AvgIpc) is 2.55. The Morgan fingerprint density at radius 1 is 1.30 bits per heavy atom. The number of amides is 2. The molecule has 0 spiro atoms. The maximum Gasteiger partial charge on any atom is 0.308 e. The minimum atomic E-state index is -0.962. The summed E-state index contributed by atoms with van der Waals surface area (Å²) in [5.41, 5.74) is 0.859. The summed E-state index contributed by atoms with van der Waals surface area (Å²) in [6.45, 7) is 1.63. The zero-order valence-corrected chi connectivity index (χ0v) is 13.1. The van der Waals surface area contributed by atoms with Crippen LogP contribution in [0.1, 0.15) is 19.8 Å². The van der Waals surface area contributed by atoms with E-state index in [1.165, 1.54) is 23.9 Å². The van der Waals surface area contributed by atoms with Crippen molar-refractivity contribution in [2.24, 2.45) is 11.0 Å². The number of aliphatic carboxylic acids is 1.